The lowest BCUT2D eigenvalue weighted by molar-refractivity contribution is -0.0272. The van der Waals surface area contributed by atoms with E-state index >= 15 is 0 Å². The van der Waals surface area contributed by atoms with Crippen LogP contribution in [0.3, 0.4) is 0 Å². The number of pyridine rings is 1. The minimum Gasteiger partial charge on any atom is -0.374 e. The van der Waals surface area contributed by atoms with Crippen LogP contribution in [0.25, 0.3) is 22.3 Å². The monoisotopic (exact) mass is 338 g/mol. The topological polar surface area (TPSA) is 52.3 Å². The molecule has 1 unspecified atom stereocenters. The van der Waals surface area contributed by atoms with Crippen LogP contribution in [0, 0.1) is 0 Å². The molecule has 0 spiro atoms. The number of benzene rings is 1. The standard InChI is InChI=1S/C19H22N4O2/c1-21-9-10-25-15(12-21)13-23-8-7-20-18(23)16-11-14-5-3-4-6-17(14)22(2)19(16)24/h3-8,11,15H,9-10,12-13H2,1-2H3. The van der Waals surface area contributed by atoms with E-state index in [9.17, 15) is 4.79 Å². The second-order valence-electron chi connectivity index (χ2n) is 6.64. The zero-order chi connectivity index (χ0) is 17.4. The number of morpholine rings is 1. The summed E-state index contributed by atoms with van der Waals surface area (Å²) >= 11 is 0. The van der Waals surface area contributed by atoms with Crippen molar-refractivity contribution in [2.24, 2.45) is 7.05 Å². The summed E-state index contributed by atoms with van der Waals surface area (Å²) in [5.74, 6) is 0.697. The van der Waals surface area contributed by atoms with Gasteiger partial charge in [0.15, 0.2) is 0 Å². The molecule has 6 nitrogen and oxygen atoms in total. The molecule has 3 aromatic rings. The van der Waals surface area contributed by atoms with Gasteiger partial charge in [0.2, 0.25) is 0 Å². The number of hydrogen-bond acceptors (Lipinski definition) is 4. The summed E-state index contributed by atoms with van der Waals surface area (Å²) in [7, 11) is 3.91. The van der Waals surface area contributed by atoms with E-state index in [-0.39, 0.29) is 11.7 Å². The van der Waals surface area contributed by atoms with E-state index in [1.54, 1.807) is 17.8 Å². The smallest absolute Gasteiger partial charge is 0.261 e. The number of fused-ring (bicyclic) bond motifs is 1. The van der Waals surface area contributed by atoms with Gasteiger partial charge in [0.1, 0.15) is 5.82 Å². The molecule has 1 atom stereocenters. The molecule has 1 aliphatic heterocycles. The molecular weight excluding hydrogens is 316 g/mol. The lowest BCUT2D eigenvalue weighted by Crippen LogP contribution is -2.42. The molecular formula is C19H22N4O2. The summed E-state index contributed by atoms with van der Waals surface area (Å²) in [4.78, 5) is 19.6. The molecule has 2 aromatic heterocycles. The van der Waals surface area contributed by atoms with Crippen molar-refractivity contribution in [2.45, 2.75) is 12.6 Å². The van der Waals surface area contributed by atoms with Gasteiger partial charge >= 0.3 is 0 Å². The van der Waals surface area contributed by atoms with Gasteiger partial charge in [0.25, 0.3) is 5.56 Å². The van der Waals surface area contributed by atoms with Crippen LogP contribution in [0.15, 0.2) is 47.5 Å². The Morgan fingerprint density at radius 3 is 2.96 bits per heavy atom. The predicted molar refractivity (Wildman–Crippen MR) is 97.6 cm³/mol. The van der Waals surface area contributed by atoms with Crippen LogP contribution in [0.5, 0.6) is 0 Å². The van der Waals surface area contributed by atoms with Crippen molar-refractivity contribution in [3.8, 4) is 11.4 Å². The summed E-state index contributed by atoms with van der Waals surface area (Å²) in [6.45, 7) is 3.27. The zero-order valence-electron chi connectivity index (χ0n) is 14.6. The van der Waals surface area contributed by atoms with E-state index in [4.69, 9.17) is 4.74 Å². The Labute approximate surface area is 146 Å². The molecule has 1 fully saturated rings. The number of likely N-dealkylation sites (N-methyl/N-ethyl adjacent to an activating group) is 1. The number of imidazole rings is 1. The van der Waals surface area contributed by atoms with E-state index in [1.807, 2.05) is 41.1 Å². The van der Waals surface area contributed by atoms with Crippen molar-refractivity contribution in [2.75, 3.05) is 26.7 Å². The molecule has 6 heteroatoms. The highest BCUT2D eigenvalue weighted by Gasteiger charge is 2.20. The molecule has 0 bridgehead atoms. The highest BCUT2D eigenvalue weighted by atomic mass is 16.5. The van der Waals surface area contributed by atoms with Crippen LogP contribution in [0.2, 0.25) is 0 Å². The summed E-state index contributed by atoms with van der Waals surface area (Å²) < 4.78 is 9.58. The summed E-state index contributed by atoms with van der Waals surface area (Å²) in [5, 5.41) is 1.03. The molecule has 3 heterocycles. The van der Waals surface area contributed by atoms with Gasteiger partial charge in [-0.05, 0) is 24.6 Å². The van der Waals surface area contributed by atoms with Crippen LogP contribution in [-0.2, 0) is 18.3 Å². The highest BCUT2D eigenvalue weighted by molar-refractivity contribution is 5.83. The van der Waals surface area contributed by atoms with Crippen molar-refractivity contribution < 1.29 is 4.74 Å². The molecule has 0 aliphatic carbocycles. The van der Waals surface area contributed by atoms with Gasteiger partial charge in [0.05, 0.1) is 30.3 Å². The third-order valence-electron chi connectivity index (χ3n) is 4.83. The fraction of sp³-hybridized carbons (Fsp3) is 0.368. The molecule has 4 rings (SSSR count). The Hall–Kier alpha value is -2.44. The molecule has 1 aliphatic rings. The second-order valence-corrected chi connectivity index (χ2v) is 6.64. The van der Waals surface area contributed by atoms with Gasteiger partial charge in [0, 0.05) is 32.5 Å². The Bertz CT molecular complexity index is 959. The van der Waals surface area contributed by atoms with Crippen molar-refractivity contribution in [1.29, 1.82) is 0 Å². The molecule has 0 saturated carbocycles. The Morgan fingerprint density at radius 2 is 2.12 bits per heavy atom. The quantitative estimate of drug-likeness (QED) is 0.730. The predicted octanol–water partition coefficient (Wildman–Crippen LogP) is 1.73. The first-order valence-electron chi connectivity index (χ1n) is 8.54. The third kappa shape index (κ3) is 2.99. The van der Waals surface area contributed by atoms with E-state index in [1.165, 1.54) is 0 Å². The number of aryl methyl sites for hydroxylation is 1. The summed E-state index contributed by atoms with van der Waals surface area (Å²) in [5.41, 5.74) is 1.51. The lowest BCUT2D eigenvalue weighted by Gasteiger charge is -2.30. The number of rotatable bonds is 3. The molecule has 0 radical (unpaired) electrons. The molecule has 0 N–H and O–H groups in total. The number of ether oxygens (including phenoxy) is 1. The van der Waals surface area contributed by atoms with Crippen molar-refractivity contribution in [3.05, 3.63) is 53.1 Å². The summed E-state index contributed by atoms with van der Waals surface area (Å²) in [6, 6.07) is 9.84. The van der Waals surface area contributed by atoms with Crippen molar-refractivity contribution >= 4 is 10.9 Å². The average molecular weight is 338 g/mol. The molecule has 130 valence electrons. The normalized spacial score (nSPS) is 18.7. The van der Waals surface area contributed by atoms with Gasteiger partial charge in [-0.3, -0.25) is 4.79 Å². The fourth-order valence-corrected chi connectivity index (χ4v) is 3.48. The Morgan fingerprint density at radius 1 is 1.28 bits per heavy atom. The number of para-hydroxylation sites is 1. The number of hydrogen-bond donors (Lipinski definition) is 0. The molecule has 1 aromatic carbocycles. The van der Waals surface area contributed by atoms with Gasteiger partial charge in [-0.15, -0.1) is 0 Å². The first-order chi connectivity index (χ1) is 12.1. The van der Waals surface area contributed by atoms with E-state index in [0.29, 0.717) is 17.9 Å². The van der Waals surface area contributed by atoms with Crippen molar-refractivity contribution in [3.63, 3.8) is 0 Å². The SMILES string of the molecule is CN1CCOC(Cn2ccnc2-c2cc3ccccc3n(C)c2=O)C1. The van der Waals surface area contributed by atoms with Crippen LogP contribution in [0.1, 0.15) is 0 Å². The van der Waals surface area contributed by atoms with Crippen molar-refractivity contribution in [1.82, 2.24) is 19.0 Å². The van der Waals surface area contributed by atoms with Gasteiger partial charge < -0.3 is 18.8 Å². The minimum absolute atomic E-state index is 0.0344. The van der Waals surface area contributed by atoms with Gasteiger partial charge in [-0.25, -0.2) is 4.98 Å². The summed E-state index contributed by atoms with van der Waals surface area (Å²) in [6.07, 6.45) is 3.77. The maximum Gasteiger partial charge on any atom is 0.261 e. The first kappa shape index (κ1) is 16.1. The largest absolute Gasteiger partial charge is 0.374 e. The average Bonchev–Trinajstić information content (AvgIpc) is 3.06. The van der Waals surface area contributed by atoms with Crippen LogP contribution >= 0.6 is 0 Å². The Kier molecular flexibility index (Phi) is 4.15. The van der Waals surface area contributed by atoms with E-state index < -0.39 is 0 Å². The van der Waals surface area contributed by atoms with Crippen LogP contribution in [0.4, 0.5) is 0 Å². The van der Waals surface area contributed by atoms with Gasteiger partial charge in [-0.1, -0.05) is 18.2 Å². The van der Waals surface area contributed by atoms with Crippen LogP contribution in [-0.4, -0.2) is 51.9 Å². The lowest BCUT2D eigenvalue weighted by atomic mass is 10.1. The first-order valence-corrected chi connectivity index (χ1v) is 8.54. The minimum atomic E-state index is -0.0344. The van der Waals surface area contributed by atoms with E-state index in [2.05, 4.69) is 16.9 Å². The zero-order valence-corrected chi connectivity index (χ0v) is 14.6. The van der Waals surface area contributed by atoms with Gasteiger partial charge in [-0.2, -0.15) is 0 Å². The Balaban J connectivity index is 1.74. The maximum absolute atomic E-state index is 12.8. The maximum atomic E-state index is 12.8. The third-order valence-corrected chi connectivity index (χ3v) is 4.83. The molecule has 25 heavy (non-hydrogen) atoms. The number of nitrogens with zero attached hydrogens (tertiary/aromatic N) is 4. The molecule has 0 amide bonds. The second kappa shape index (κ2) is 6.46. The number of aromatic nitrogens is 3. The highest BCUT2D eigenvalue weighted by Crippen LogP contribution is 2.20. The van der Waals surface area contributed by atoms with E-state index in [0.717, 1.165) is 30.6 Å². The molecule has 1 saturated heterocycles. The van der Waals surface area contributed by atoms with Crippen LogP contribution < -0.4 is 5.56 Å². The fourth-order valence-electron chi connectivity index (χ4n) is 3.48.